The molecular formula is C34H72O16Si4. The normalized spacial score (nSPS) is 27.3. The Kier molecular flexibility index (Phi) is 19.3. The molecule has 0 aromatic heterocycles. The summed E-state index contributed by atoms with van der Waals surface area (Å²) in [4.78, 5) is 0. The molecule has 320 valence electrons. The van der Waals surface area contributed by atoms with Gasteiger partial charge in [-0.05, 0) is 83.1 Å². The molecule has 4 bridgehead atoms. The third-order valence-electron chi connectivity index (χ3n) is 9.09. The van der Waals surface area contributed by atoms with Crippen molar-refractivity contribution in [2.45, 2.75) is 144 Å². The van der Waals surface area contributed by atoms with Crippen LogP contribution in [0, 0.1) is 0 Å². The summed E-state index contributed by atoms with van der Waals surface area (Å²) in [5, 5.41) is 0. The van der Waals surface area contributed by atoms with Crippen molar-refractivity contribution in [3.05, 3.63) is 0 Å². The van der Waals surface area contributed by atoms with Gasteiger partial charge in [-0.1, -0.05) is 0 Å². The van der Waals surface area contributed by atoms with Crippen molar-refractivity contribution < 1.29 is 70.8 Å². The van der Waals surface area contributed by atoms with E-state index >= 15 is 0 Å². The standard InChI is InChI=1S/C34H72O16Si4/c1-13-35-51(36-14-2,37-15-3)47-31-25-32(48-52(38-16-4,39-17-5)40-18-6)28-33(26-31,49-53(41-19-7,42-20-8)43-21-9)30-34(27-31,29-32)50-54(44-22-10,45-23-11)46-24-12/h13-30H2,1-12H3. The Labute approximate surface area is 329 Å². The van der Waals surface area contributed by atoms with E-state index in [2.05, 4.69) is 0 Å². The number of rotatable bonds is 32. The van der Waals surface area contributed by atoms with Crippen LogP contribution in [0.4, 0.5) is 0 Å². The summed E-state index contributed by atoms with van der Waals surface area (Å²) in [5.41, 5.74) is -4.27. The highest BCUT2D eigenvalue weighted by Crippen LogP contribution is 2.67. The Morgan fingerprint density at radius 2 is 0.352 bits per heavy atom. The molecule has 16 nitrogen and oxygen atoms in total. The monoisotopic (exact) mass is 848 g/mol. The Bertz CT molecular complexity index is 827. The van der Waals surface area contributed by atoms with Gasteiger partial charge in [-0.3, -0.25) is 0 Å². The van der Waals surface area contributed by atoms with Gasteiger partial charge in [0.05, 0.1) is 22.4 Å². The smallest absolute Gasteiger partial charge is 0.351 e. The second kappa shape index (κ2) is 21.5. The van der Waals surface area contributed by atoms with Crippen molar-refractivity contribution in [2.24, 2.45) is 0 Å². The van der Waals surface area contributed by atoms with Gasteiger partial charge in [0, 0.05) is 118 Å². The number of hydrogen-bond acceptors (Lipinski definition) is 16. The first-order valence-corrected chi connectivity index (χ1v) is 26.8. The van der Waals surface area contributed by atoms with Crippen LogP contribution in [0.25, 0.3) is 0 Å². The molecule has 0 aromatic rings. The fraction of sp³-hybridized carbons (Fsp3) is 1.00. The van der Waals surface area contributed by atoms with Gasteiger partial charge in [-0.2, -0.15) is 0 Å². The van der Waals surface area contributed by atoms with Crippen molar-refractivity contribution in [2.75, 3.05) is 79.3 Å². The van der Waals surface area contributed by atoms with E-state index in [0.29, 0.717) is 118 Å². The zero-order valence-electron chi connectivity index (χ0n) is 35.3. The van der Waals surface area contributed by atoms with Crippen molar-refractivity contribution in [3.63, 3.8) is 0 Å². The van der Waals surface area contributed by atoms with Gasteiger partial charge in [0.15, 0.2) is 0 Å². The fourth-order valence-electron chi connectivity index (χ4n) is 8.74. The van der Waals surface area contributed by atoms with E-state index in [9.17, 15) is 0 Å². The molecule has 4 rings (SSSR count). The molecule has 0 heterocycles. The molecule has 0 radical (unpaired) electrons. The van der Waals surface area contributed by atoms with E-state index in [-0.39, 0.29) is 0 Å². The van der Waals surface area contributed by atoms with Gasteiger partial charge in [-0.15, -0.1) is 0 Å². The maximum Gasteiger partial charge on any atom is 0.680 e. The van der Waals surface area contributed by atoms with E-state index in [0.717, 1.165) is 0 Å². The van der Waals surface area contributed by atoms with E-state index in [1.165, 1.54) is 0 Å². The molecule has 4 aliphatic rings. The summed E-state index contributed by atoms with van der Waals surface area (Å²) in [6.45, 7) is 26.5. The highest BCUT2D eigenvalue weighted by Gasteiger charge is 2.77. The molecule has 4 aliphatic carbocycles. The molecule has 4 saturated carbocycles. The first-order valence-electron chi connectivity index (χ1n) is 20.3. The van der Waals surface area contributed by atoms with Crippen molar-refractivity contribution in [3.8, 4) is 0 Å². The predicted molar refractivity (Wildman–Crippen MR) is 205 cm³/mol. The third kappa shape index (κ3) is 11.7. The molecule has 4 fully saturated rings. The fourth-order valence-corrected chi connectivity index (χ4v) is 17.7. The van der Waals surface area contributed by atoms with Gasteiger partial charge in [0.1, 0.15) is 0 Å². The molecular weight excluding hydrogens is 777 g/mol. The Morgan fingerprint density at radius 1 is 0.241 bits per heavy atom. The maximum absolute atomic E-state index is 7.33. The van der Waals surface area contributed by atoms with Gasteiger partial charge in [0.25, 0.3) is 0 Å². The van der Waals surface area contributed by atoms with Crippen molar-refractivity contribution >= 4 is 36.2 Å². The second-order valence-electron chi connectivity index (χ2n) is 13.4. The minimum absolute atomic E-state index is 0.312. The zero-order valence-corrected chi connectivity index (χ0v) is 39.3. The average Bonchev–Trinajstić information content (AvgIpc) is 3.04. The van der Waals surface area contributed by atoms with E-state index < -0.39 is 58.6 Å². The molecule has 0 unspecified atom stereocenters. The van der Waals surface area contributed by atoms with Crippen molar-refractivity contribution in [1.82, 2.24) is 0 Å². The first-order chi connectivity index (χ1) is 25.8. The highest BCUT2D eigenvalue weighted by atomic mass is 28.4. The van der Waals surface area contributed by atoms with Gasteiger partial charge >= 0.3 is 36.2 Å². The summed E-state index contributed by atoms with van der Waals surface area (Å²) in [5.74, 6) is 0. The van der Waals surface area contributed by atoms with Gasteiger partial charge < -0.3 is 70.8 Å². The zero-order chi connectivity index (χ0) is 40.0. The van der Waals surface area contributed by atoms with Crippen LogP contribution in [0.15, 0.2) is 0 Å². The summed E-state index contributed by atoms with van der Waals surface area (Å²) in [6, 6.07) is 0. The van der Waals surface area contributed by atoms with Crippen LogP contribution < -0.4 is 0 Å². The summed E-state index contributed by atoms with van der Waals surface area (Å²) in [6.07, 6.45) is 2.24. The van der Waals surface area contributed by atoms with Crippen LogP contribution in [-0.2, 0) is 70.8 Å². The molecule has 0 N–H and O–H groups in total. The number of hydrogen-bond donors (Lipinski definition) is 0. The SMILES string of the molecule is CCO[Si](OCC)(OCC)OC12CC3(O[Si](OCC)(OCC)OCC)CC(O[Si](OCC)(OCC)OCC)(C1)CC(O[Si](OCC)(OCC)OCC)(C2)C3. The van der Waals surface area contributed by atoms with Crippen LogP contribution in [-0.4, -0.2) is 138 Å². The van der Waals surface area contributed by atoms with E-state index in [1.807, 2.05) is 83.1 Å². The lowest BCUT2D eigenvalue weighted by Gasteiger charge is -2.70. The van der Waals surface area contributed by atoms with E-state index in [1.54, 1.807) is 0 Å². The predicted octanol–water partition coefficient (Wildman–Crippen LogP) is 5.57. The van der Waals surface area contributed by atoms with E-state index in [4.69, 9.17) is 70.8 Å². The summed E-state index contributed by atoms with van der Waals surface area (Å²) >= 11 is 0. The topological polar surface area (TPSA) is 148 Å². The molecule has 0 aliphatic heterocycles. The van der Waals surface area contributed by atoms with Crippen molar-refractivity contribution in [1.29, 1.82) is 0 Å². The lowest BCUT2D eigenvalue weighted by atomic mass is 9.48. The Morgan fingerprint density at radius 3 is 0.444 bits per heavy atom. The molecule has 0 amide bonds. The largest absolute Gasteiger partial charge is 0.680 e. The van der Waals surface area contributed by atoms with Crippen LogP contribution in [0.2, 0.25) is 0 Å². The molecule has 0 aromatic carbocycles. The molecule has 0 spiro atoms. The van der Waals surface area contributed by atoms with Crippen LogP contribution in [0.1, 0.15) is 122 Å². The molecule has 20 heteroatoms. The minimum Gasteiger partial charge on any atom is -0.351 e. The van der Waals surface area contributed by atoms with Crippen LogP contribution >= 0.6 is 0 Å². The van der Waals surface area contributed by atoms with Crippen LogP contribution in [0.5, 0.6) is 0 Å². The minimum atomic E-state index is -3.81. The maximum atomic E-state index is 7.33. The van der Waals surface area contributed by atoms with Gasteiger partial charge in [0.2, 0.25) is 0 Å². The molecule has 0 saturated heterocycles. The average molecular weight is 849 g/mol. The summed E-state index contributed by atoms with van der Waals surface area (Å²) < 4.78 is 106. The quantitative estimate of drug-likeness (QED) is 0.0777. The second-order valence-corrected chi connectivity index (χ2v) is 21.7. The lowest BCUT2D eigenvalue weighted by Crippen LogP contribution is -2.79. The van der Waals surface area contributed by atoms with Crippen LogP contribution in [0.3, 0.4) is 0 Å². The molecule has 54 heavy (non-hydrogen) atoms. The summed E-state index contributed by atoms with van der Waals surface area (Å²) in [7, 11) is -15.2. The Hall–Kier alpha value is 0.228. The molecule has 0 atom stereocenters. The first kappa shape index (κ1) is 48.6. The van der Waals surface area contributed by atoms with Gasteiger partial charge in [-0.25, -0.2) is 0 Å². The highest BCUT2D eigenvalue weighted by molar-refractivity contribution is 6.55. The third-order valence-corrected chi connectivity index (χ3v) is 19.5. The Balaban J connectivity index is 2.43. The lowest BCUT2D eigenvalue weighted by molar-refractivity contribution is -0.313.